The molecule has 0 aliphatic heterocycles. The van der Waals surface area contributed by atoms with E-state index in [1.807, 2.05) is 0 Å². The van der Waals surface area contributed by atoms with Crippen molar-refractivity contribution in [1.82, 2.24) is 0 Å². The highest BCUT2D eigenvalue weighted by atomic mass is 16.6. The zero-order valence-electron chi connectivity index (χ0n) is 5.87. The lowest BCUT2D eigenvalue weighted by molar-refractivity contribution is -0.137. The first kappa shape index (κ1) is 9.13. The third-order valence-corrected chi connectivity index (χ3v) is 1.05. The molecule has 0 rings (SSSR count). The summed E-state index contributed by atoms with van der Waals surface area (Å²) in [6, 6.07) is 0. The minimum absolute atomic E-state index is 0.150. The van der Waals surface area contributed by atoms with Gasteiger partial charge in [0.25, 0.3) is 0 Å². The van der Waals surface area contributed by atoms with E-state index >= 15 is 0 Å². The topological polar surface area (TPSA) is 66.8 Å². The first-order chi connectivity index (χ1) is 4.63. The fourth-order valence-corrected chi connectivity index (χ4v) is 0.499. The lowest BCUT2D eigenvalue weighted by Gasteiger charge is -2.07. The average Bonchev–Trinajstić information content (AvgIpc) is 1.88. The molecule has 4 nitrogen and oxygen atoms in total. The number of carbonyl (C=O) groups is 1. The molecule has 2 N–H and O–H groups in total. The highest BCUT2D eigenvalue weighted by Crippen LogP contribution is 2.01. The van der Waals surface area contributed by atoms with E-state index < -0.39 is 12.3 Å². The van der Waals surface area contributed by atoms with E-state index in [2.05, 4.69) is 4.74 Å². The molecule has 0 bridgehead atoms. The van der Waals surface area contributed by atoms with Crippen LogP contribution < -0.4 is 0 Å². The first-order valence-corrected chi connectivity index (χ1v) is 2.73. The number of hydrogen-bond acceptors (Lipinski definition) is 3. The highest BCUT2D eigenvalue weighted by molar-refractivity contribution is 5.87. The number of allylic oxidation sites excluding steroid dienone is 1. The van der Waals surface area contributed by atoms with E-state index in [9.17, 15) is 4.79 Å². The maximum absolute atomic E-state index is 10.2. The summed E-state index contributed by atoms with van der Waals surface area (Å²) in [5, 5.41) is 17.2. The molecular weight excluding hydrogens is 136 g/mol. The molecule has 0 radical (unpaired) electrons. The van der Waals surface area contributed by atoms with Gasteiger partial charge in [0.2, 0.25) is 0 Å². The largest absolute Gasteiger partial charge is 0.478 e. The normalized spacial score (nSPS) is 14.9. The van der Waals surface area contributed by atoms with E-state index in [0.717, 1.165) is 0 Å². The second-order valence-electron chi connectivity index (χ2n) is 1.64. The molecule has 10 heavy (non-hydrogen) atoms. The number of hydrogen-bond donors (Lipinski definition) is 2. The summed E-state index contributed by atoms with van der Waals surface area (Å²) >= 11 is 0. The number of aliphatic hydroxyl groups excluding tert-OH is 1. The molecule has 1 atom stereocenters. The van der Waals surface area contributed by atoms with Gasteiger partial charge < -0.3 is 14.9 Å². The first-order valence-electron chi connectivity index (χ1n) is 2.73. The fourth-order valence-electron chi connectivity index (χ4n) is 0.499. The Balaban J connectivity index is 4.23. The number of carboxylic acids is 1. The van der Waals surface area contributed by atoms with Crippen molar-refractivity contribution in [2.45, 2.75) is 13.2 Å². The molecule has 0 aliphatic carbocycles. The van der Waals surface area contributed by atoms with Gasteiger partial charge in [-0.3, -0.25) is 0 Å². The summed E-state index contributed by atoms with van der Waals surface area (Å²) < 4.78 is 4.37. The summed E-state index contributed by atoms with van der Waals surface area (Å²) in [4.78, 5) is 10.2. The predicted molar refractivity (Wildman–Crippen MR) is 34.4 cm³/mol. The number of methoxy groups -OCH3 is 1. The minimum atomic E-state index is -1.33. The number of aliphatic carboxylic acids is 1. The third kappa shape index (κ3) is 2.16. The maximum Gasteiger partial charge on any atom is 0.336 e. The second kappa shape index (κ2) is 4.03. The summed E-state index contributed by atoms with van der Waals surface area (Å²) in [6.45, 7) is 1.52. The molecule has 0 fully saturated rings. The van der Waals surface area contributed by atoms with Gasteiger partial charge in [-0.1, -0.05) is 6.08 Å². The Labute approximate surface area is 58.7 Å². The van der Waals surface area contributed by atoms with Crippen LogP contribution in [0.5, 0.6) is 0 Å². The summed E-state index contributed by atoms with van der Waals surface area (Å²) in [5.74, 6) is -1.17. The molecule has 0 heterocycles. The zero-order chi connectivity index (χ0) is 8.15. The van der Waals surface area contributed by atoms with Crippen molar-refractivity contribution in [3.05, 3.63) is 11.6 Å². The molecule has 0 saturated heterocycles. The predicted octanol–water partition coefficient (Wildman–Crippen LogP) is -0.0179. The van der Waals surface area contributed by atoms with Crippen LogP contribution in [0.3, 0.4) is 0 Å². The summed E-state index contributed by atoms with van der Waals surface area (Å²) in [7, 11) is 1.23. The quantitative estimate of drug-likeness (QED) is 0.434. The Morgan fingerprint density at radius 1 is 1.70 bits per heavy atom. The lowest BCUT2D eigenvalue weighted by atomic mass is 10.2. The second-order valence-corrected chi connectivity index (χ2v) is 1.64. The van der Waals surface area contributed by atoms with Gasteiger partial charge in [0, 0.05) is 7.11 Å². The van der Waals surface area contributed by atoms with Crippen molar-refractivity contribution in [2.24, 2.45) is 0 Å². The number of ether oxygens (including phenoxy) is 1. The van der Waals surface area contributed by atoms with Crippen molar-refractivity contribution in [3.8, 4) is 0 Å². The van der Waals surface area contributed by atoms with Gasteiger partial charge in [0.05, 0.1) is 5.57 Å². The van der Waals surface area contributed by atoms with E-state index in [1.54, 1.807) is 0 Å². The number of aliphatic hydroxyl groups is 1. The molecule has 0 aromatic rings. The monoisotopic (exact) mass is 146 g/mol. The SMILES string of the molecule is C/C=C(\C(=O)O)C(O)OC. The van der Waals surface area contributed by atoms with Crippen LogP contribution in [-0.2, 0) is 9.53 Å². The maximum atomic E-state index is 10.2. The molecule has 0 amide bonds. The van der Waals surface area contributed by atoms with Gasteiger partial charge in [0.15, 0.2) is 6.29 Å². The van der Waals surface area contributed by atoms with Crippen LogP contribution in [-0.4, -0.2) is 29.6 Å². The van der Waals surface area contributed by atoms with Crippen LogP contribution >= 0.6 is 0 Å². The molecule has 0 spiro atoms. The van der Waals surface area contributed by atoms with Crippen LogP contribution in [0.1, 0.15) is 6.92 Å². The van der Waals surface area contributed by atoms with E-state index in [-0.39, 0.29) is 5.57 Å². The lowest BCUT2D eigenvalue weighted by Crippen LogP contribution is -2.19. The Bertz CT molecular complexity index is 150. The van der Waals surface area contributed by atoms with Gasteiger partial charge in [-0.15, -0.1) is 0 Å². The van der Waals surface area contributed by atoms with Crippen molar-refractivity contribution < 1.29 is 19.7 Å². The van der Waals surface area contributed by atoms with E-state index in [0.29, 0.717) is 0 Å². The van der Waals surface area contributed by atoms with Crippen molar-refractivity contribution in [3.63, 3.8) is 0 Å². The number of carboxylic acid groups (broad SMARTS) is 1. The van der Waals surface area contributed by atoms with Crippen molar-refractivity contribution in [1.29, 1.82) is 0 Å². The molecule has 4 heteroatoms. The van der Waals surface area contributed by atoms with Gasteiger partial charge in [-0.05, 0) is 6.92 Å². The van der Waals surface area contributed by atoms with Gasteiger partial charge in [-0.25, -0.2) is 4.79 Å². The Kier molecular flexibility index (Phi) is 3.68. The number of rotatable bonds is 3. The zero-order valence-corrected chi connectivity index (χ0v) is 5.87. The summed E-state index contributed by atoms with van der Waals surface area (Å²) in [5.41, 5.74) is -0.150. The third-order valence-electron chi connectivity index (χ3n) is 1.05. The Morgan fingerprint density at radius 3 is 2.30 bits per heavy atom. The Hall–Kier alpha value is -0.870. The minimum Gasteiger partial charge on any atom is -0.478 e. The van der Waals surface area contributed by atoms with Crippen molar-refractivity contribution in [2.75, 3.05) is 7.11 Å². The van der Waals surface area contributed by atoms with Crippen LogP contribution in [0.4, 0.5) is 0 Å². The van der Waals surface area contributed by atoms with Crippen LogP contribution in [0.25, 0.3) is 0 Å². The molecule has 0 aromatic heterocycles. The standard InChI is InChI=1S/C6H10O4/c1-3-4(5(7)8)6(9)10-2/h3,6,9H,1-2H3,(H,7,8)/b4-3+. The van der Waals surface area contributed by atoms with Gasteiger partial charge in [-0.2, -0.15) is 0 Å². The molecule has 0 aromatic carbocycles. The molecular formula is C6H10O4. The van der Waals surface area contributed by atoms with Gasteiger partial charge in [0.1, 0.15) is 0 Å². The van der Waals surface area contributed by atoms with E-state index in [4.69, 9.17) is 10.2 Å². The molecule has 0 saturated carbocycles. The van der Waals surface area contributed by atoms with E-state index in [1.165, 1.54) is 20.1 Å². The van der Waals surface area contributed by atoms with Crippen molar-refractivity contribution >= 4 is 5.97 Å². The molecule has 0 aliphatic rings. The highest BCUT2D eigenvalue weighted by Gasteiger charge is 2.15. The summed E-state index contributed by atoms with van der Waals surface area (Å²) in [6.07, 6.45) is -0.0428. The Morgan fingerprint density at radius 2 is 2.20 bits per heavy atom. The van der Waals surface area contributed by atoms with Gasteiger partial charge >= 0.3 is 5.97 Å². The molecule has 58 valence electrons. The average molecular weight is 146 g/mol. The van der Waals surface area contributed by atoms with Crippen LogP contribution in [0.15, 0.2) is 11.6 Å². The van der Waals surface area contributed by atoms with Crippen LogP contribution in [0.2, 0.25) is 0 Å². The molecule has 1 unspecified atom stereocenters. The fraction of sp³-hybridized carbons (Fsp3) is 0.500. The van der Waals surface area contributed by atoms with Crippen LogP contribution in [0, 0.1) is 0 Å². The smallest absolute Gasteiger partial charge is 0.336 e.